The Morgan fingerprint density at radius 2 is 2.06 bits per heavy atom. The van der Waals surface area contributed by atoms with Gasteiger partial charge in [-0.3, -0.25) is 14.8 Å². The fourth-order valence-corrected chi connectivity index (χ4v) is 6.13. The highest BCUT2D eigenvalue weighted by molar-refractivity contribution is 5.97. The summed E-state index contributed by atoms with van der Waals surface area (Å²) in [7, 11) is 1.86. The van der Waals surface area contributed by atoms with Gasteiger partial charge in [-0.2, -0.15) is 5.10 Å². The fourth-order valence-electron chi connectivity index (χ4n) is 6.13. The van der Waals surface area contributed by atoms with Gasteiger partial charge in [0.25, 0.3) is 0 Å². The van der Waals surface area contributed by atoms with Crippen molar-refractivity contribution in [2.75, 3.05) is 31.6 Å². The molecule has 0 radical (unpaired) electrons. The smallest absolute Gasteiger partial charge is 0.240 e. The molecule has 3 heterocycles. The highest BCUT2D eigenvalue weighted by Crippen LogP contribution is 2.59. The molecule has 1 saturated carbocycles. The molecule has 0 bridgehead atoms. The SMILES string of the molecule is Cc1cc2[nH]c(-c3n[nH]c4c3C[C@@H]3C[C@]3(C)C4)nc2cc1N(C)C(=O)CN1C[C@@H](C)O[C@H](C)C1. The van der Waals surface area contributed by atoms with E-state index in [0.29, 0.717) is 12.0 Å². The Hall–Kier alpha value is -2.71. The van der Waals surface area contributed by atoms with E-state index in [0.717, 1.165) is 65.7 Å². The van der Waals surface area contributed by atoms with Gasteiger partial charge in [-0.1, -0.05) is 6.92 Å². The number of aromatic nitrogens is 4. The van der Waals surface area contributed by atoms with Crippen LogP contribution in [0.3, 0.4) is 0 Å². The maximum atomic E-state index is 13.1. The Balaban J connectivity index is 1.25. The summed E-state index contributed by atoms with van der Waals surface area (Å²) in [6, 6.07) is 4.10. The van der Waals surface area contributed by atoms with Crippen LogP contribution in [0.1, 0.15) is 44.0 Å². The normalized spacial score (nSPS) is 28.6. The van der Waals surface area contributed by atoms with Gasteiger partial charge in [-0.25, -0.2) is 4.98 Å². The number of morpholine rings is 1. The van der Waals surface area contributed by atoms with Crippen LogP contribution in [0, 0.1) is 18.3 Å². The number of anilines is 1. The molecule has 1 amide bonds. The predicted molar refractivity (Wildman–Crippen MR) is 132 cm³/mol. The van der Waals surface area contributed by atoms with Crippen molar-refractivity contribution in [2.24, 2.45) is 11.3 Å². The first-order valence-electron chi connectivity index (χ1n) is 12.4. The molecule has 1 saturated heterocycles. The van der Waals surface area contributed by atoms with Crippen molar-refractivity contribution in [1.82, 2.24) is 25.1 Å². The predicted octanol–water partition coefficient (Wildman–Crippen LogP) is 3.46. The molecule has 34 heavy (non-hydrogen) atoms. The zero-order chi connectivity index (χ0) is 23.8. The third-order valence-corrected chi connectivity index (χ3v) is 8.14. The van der Waals surface area contributed by atoms with E-state index in [9.17, 15) is 4.79 Å². The average Bonchev–Trinajstić information content (AvgIpc) is 3.05. The minimum absolute atomic E-state index is 0.0772. The molecule has 180 valence electrons. The molecule has 0 unspecified atom stereocenters. The van der Waals surface area contributed by atoms with E-state index in [2.05, 4.69) is 46.9 Å². The monoisotopic (exact) mass is 462 g/mol. The summed E-state index contributed by atoms with van der Waals surface area (Å²) >= 11 is 0. The number of hydrogen-bond donors (Lipinski definition) is 2. The van der Waals surface area contributed by atoms with Crippen LogP contribution >= 0.6 is 0 Å². The first-order valence-corrected chi connectivity index (χ1v) is 12.4. The summed E-state index contributed by atoms with van der Waals surface area (Å²) in [5.74, 6) is 1.65. The lowest BCUT2D eigenvalue weighted by atomic mass is 9.88. The number of aromatic amines is 2. The van der Waals surface area contributed by atoms with Gasteiger partial charge in [0.1, 0.15) is 5.69 Å². The lowest BCUT2D eigenvalue weighted by Crippen LogP contribution is -2.49. The van der Waals surface area contributed by atoms with Gasteiger partial charge in [0.05, 0.1) is 29.8 Å². The molecule has 2 aliphatic carbocycles. The summed E-state index contributed by atoms with van der Waals surface area (Å²) in [5.41, 5.74) is 7.75. The van der Waals surface area contributed by atoms with Crippen molar-refractivity contribution in [3.63, 3.8) is 0 Å². The molecule has 8 nitrogen and oxygen atoms in total. The average molecular weight is 463 g/mol. The van der Waals surface area contributed by atoms with E-state index in [-0.39, 0.29) is 18.1 Å². The van der Waals surface area contributed by atoms with Crippen LogP contribution in [0.2, 0.25) is 0 Å². The largest absolute Gasteiger partial charge is 0.373 e. The van der Waals surface area contributed by atoms with Gasteiger partial charge in [-0.05, 0) is 69.1 Å². The zero-order valence-corrected chi connectivity index (χ0v) is 20.7. The Kier molecular flexibility index (Phi) is 4.90. The van der Waals surface area contributed by atoms with Crippen molar-refractivity contribution in [3.05, 3.63) is 29.0 Å². The number of H-pyrrole nitrogens is 2. The van der Waals surface area contributed by atoms with Crippen LogP contribution in [-0.2, 0) is 22.4 Å². The van der Waals surface area contributed by atoms with Crippen molar-refractivity contribution >= 4 is 22.6 Å². The Labute approximate surface area is 200 Å². The summed E-state index contributed by atoms with van der Waals surface area (Å²) in [6.07, 6.45) is 3.75. The maximum absolute atomic E-state index is 13.1. The minimum atomic E-state index is 0.0772. The van der Waals surface area contributed by atoms with Crippen molar-refractivity contribution in [2.45, 2.75) is 59.2 Å². The summed E-state index contributed by atoms with van der Waals surface area (Å²) in [5, 5.41) is 7.91. The Morgan fingerprint density at radius 1 is 1.29 bits per heavy atom. The lowest BCUT2D eigenvalue weighted by Gasteiger charge is -2.35. The molecule has 0 spiro atoms. The second-order valence-corrected chi connectivity index (χ2v) is 11.1. The lowest BCUT2D eigenvalue weighted by molar-refractivity contribution is -0.123. The van der Waals surface area contributed by atoms with Crippen molar-refractivity contribution in [3.8, 4) is 11.5 Å². The van der Waals surface area contributed by atoms with Crippen LogP contribution in [-0.4, -0.2) is 69.9 Å². The van der Waals surface area contributed by atoms with E-state index >= 15 is 0 Å². The molecule has 2 aromatic heterocycles. The Bertz CT molecular complexity index is 1270. The number of carbonyl (C=O) groups excluding carboxylic acids is 1. The van der Waals surface area contributed by atoms with Crippen LogP contribution in [0.15, 0.2) is 12.1 Å². The number of likely N-dealkylation sites (N-methyl/N-ethyl adjacent to an activating group) is 1. The highest BCUT2D eigenvalue weighted by atomic mass is 16.5. The van der Waals surface area contributed by atoms with E-state index < -0.39 is 0 Å². The van der Waals surface area contributed by atoms with Gasteiger partial charge < -0.3 is 14.6 Å². The standard InChI is InChI=1S/C26H34N6O2/c1-14-6-19-20(8-22(14)31(5)23(33)13-32-11-15(2)34-16(3)12-32)28-25(27-19)24-18-7-17-9-26(17,4)10-21(18)29-30-24/h6,8,15-17H,7,9-13H2,1-5H3,(H,27,28)(H,29,30)/t15-,16-,17-,26-/m1/s1. The van der Waals surface area contributed by atoms with E-state index in [1.165, 1.54) is 17.7 Å². The number of ether oxygens (including phenoxy) is 1. The number of nitrogens with one attached hydrogen (secondary N) is 2. The summed E-state index contributed by atoms with van der Waals surface area (Å²) in [6.45, 7) is 10.5. The van der Waals surface area contributed by atoms with E-state index in [1.807, 2.05) is 20.0 Å². The van der Waals surface area contributed by atoms with Gasteiger partial charge in [0.2, 0.25) is 5.91 Å². The second-order valence-electron chi connectivity index (χ2n) is 11.1. The molecule has 3 aromatic rings. The quantitative estimate of drug-likeness (QED) is 0.620. The molecule has 2 fully saturated rings. The molecule has 2 N–H and O–H groups in total. The number of imidazole rings is 1. The number of fused-ring (bicyclic) bond motifs is 3. The van der Waals surface area contributed by atoms with Gasteiger partial charge >= 0.3 is 0 Å². The fraction of sp³-hybridized carbons (Fsp3) is 0.577. The first kappa shape index (κ1) is 21.8. The number of hydrogen-bond acceptors (Lipinski definition) is 5. The number of aryl methyl sites for hydroxylation is 1. The number of amides is 1. The number of carbonyl (C=O) groups is 1. The maximum Gasteiger partial charge on any atom is 0.240 e. The second kappa shape index (κ2) is 7.65. The van der Waals surface area contributed by atoms with Gasteiger partial charge in [0, 0.05) is 37.1 Å². The number of nitrogens with zero attached hydrogens (tertiary/aromatic N) is 4. The minimum Gasteiger partial charge on any atom is -0.373 e. The van der Waals surface area contributed by atoms with Crippen LogP contribution in [0.4, 0.5) is 5.69 Å². The molecule has 8 heteroatoms. The zero-order valence-electron chi connectivity index (χ0n) is 20.7. The third-order valence-electron chi connectivity index (χ3n) is 8.14. The molecule has 4 atom stereocenters. The molecular formula is C26H34N6O2. The van der Waals surface area contributed by atoms with Crippen LogP contribution in [0.25, 0.3) is 22.6 Å². The highest BCUT2D eigenvalue weighted by Gasteiger charge is 2.53. The topological polar surface area (TPSA) is 90.1 Å². The number of benzene rings is 1. The van der Waals surface area contributed by atoms with Crippen LogP contribution in [0.5, 0.6) is 0 Å². The third kappa shape index (κ3) is 3.64. The van der Waals surface area contributed by atoms with Crippen molar-refractivity contribution < 1.29 is 9.53 Å². The molecule has 3 aliphatic rings. The first-order chi connectivity index (χ1) is 16.2. The van der Waals surface area contributed by atoms with Crippen molar-refractivity contribution in [1.29, 1.82) is 0 Å². The van der Waals surface area contributed by atoms with E-state index in [1.54, 1.807) is 4.90 Å². The summed E-state index contributed by atoms with van der Waals surface area (Å²) in [4.78, 5) is 25.4. The molecular weight excluding hydrogens is 428 g/mol. The van der Waals surface area contributed by atoms with Crippen LogP contribution < -0.4 is 4.90 Å². The van der Waals surface area contributed by atoms with Gasteiger partial charge in [-0.15, -0.1) is 0 Å². The Morgan fingerprint density at radius 3 is 2.82 bits per heavy atom. The molecule has 1 aromatic carbocycles. The van der Waals surface area contributed by atoms with E-state index in [4.69, 9.17) is 9.72 Å². The number of rotatable bonds is 4. The molecule has 6 rings (SSSR count). The summed E-state index contributed by atoms with van der Waals surface area (Å²) < 4.78 is 5.81. The van der Waals surface area contributed by atoms with Gasteiger partial charge in [0.15, 0.2) is 5.82 Å². The molecule has 1 aliphatic heterocycles.